The van der Waals surface area contributed by atoms with E-state index in [9.17, 15) is 5.11 Å². The van der Waals surface area contributed by atoms with Crippen LogP contribution in [0.1, 0.15) is 31.4 Å². The first-order valence-electron chi connectivity index (χ1n) is 6.65. The topological polar surface area (TPSA) is 35.5 Å². The van der Waals surface area contributed by atoms with Gasteiger partial charge in [-0.05, 0) is 40.0 Å². The lowest BCUT2D eigenvalue weighted by Crippen LogP contribution is -2.45. The number of rotatable bonds is 4. The number of nitrogens with zero attached hydrogens (tertiary/aromatic N) is 1. The Morgan fingerprint density at radius 1 is 1.30 bits per heavy atom. The largest absolute Gasteiger partial charge is 0.507 e. The van der Waals surface area contributed by atoms with Crippen molar-refractivity contribution in [1.82, 2.24) is 10.2 Å². The van der Waals surface area contributed by atoms with Gasteiger partial charge in [0, 0.05) is 32.2 Å². The van der Waals surface area contributed by atoms with E-state index in [1.54, 1.807) is 6.07 Å². The molecule has 1 fully saturated rings. The predicted octanol–water partition coefficient (Wildman–Crippen LogP) is 3.74. The van der Waals surface area contributed by atoms with Crippen molar-refractivity contribution in [2.24, 2.45) is 0 Å². The van der Waals surface area contributed by atoms with Crippen LogP contribution < -0.4 is 5.32 Å². The van der Waals surface area contributed by atoms with Gasteiger partial charge in [-0.25, -0.2) is 0 Å². The third-order valence-electron chi connectivity index (χ3n) is 3.51. The average molecular weight is 386 g/mol. The minimum atomic E-state index is 0. The molecule has 116 valence electrons. The molecule has 0 aliphatic carbocycles. The van der Waals surface area contributed by atoms with E-state index in [2.05, 4.69) is 39.1 Å². The predicted molar refractivity (Wildman–Crippen MR) is 92.4 cm³/mol. The maximum Gasteiger partial charge on any atom is 0.129 e. The SMILES string of the molecule is CCC[C@@H](c1ccc(O)c(Br)c1)N1CCNCC1.Cl.Cl. The number of phenolic OH excluding ortho intramolecular Hbond substituents is 1. The normalized spacial score (nSPS) is 16.9. The highest BCUT2D eigenvalue weighted by molar-refractivity contribution is 9.10. The quantitative estimate of drug-likeness (QED) is 0.828. The van der Waals surface area contributed by atoms with E-state index in [1.165, 1.54) is 12.0 Å². The van der Waals surface area contributed by atoms with Crippen molar-refractivity contribution in [1.29, 1.82) is 0 Å². The number of aromatic hydroxyl groups is 1. The Morgan fingerprint density at radius 2 is 1.95 bits per heavy atom. The standard InChI is InChI=1S/C14H21BrN2O.2ClH/c1-2-3-13(17-8-6-16-7-9-17)11-4-5-14(18)12(15)10-11;;/h4-5,10,13,16,18H,2-3,6-9H2,1H3;2*1H/t13-;;/m0../s1. The van der Waals surface area contributed by atoms with E-state index in [4.69, 9.17) is 0 Å². The van der Waals surface area contributed by atoms with Gasteiger partial charge in [0.15, 0.2) is 0 Å². The fraction of sp³-hybridized carbons (Fsp3) is 0.571. The molecule has 0 bridgehead atoms. The van der Waals surface area contributed by atoms with Gasteiger partial charge in [0.25, 0.3) is 0 Å². The second-order valence-corrected chi connectivity index (χ2v) is 5.66. The molecule has 0 spiro atoms. The minimum Gasteiger partial charge on any atom is -0.507 e. The third kappa shape index (κ3) is 5.08. The fourth-order valence-electron chi connectivity index (χ4n) is 2.56. The Labute approximate surface area is 142 Å². The van der Waals surface area contributed by atoms with E-state index >= 15 is 0 Å². The highest BCUT2D eigenvalue weighted by Gasteiger charge is 2.21. The van der Waals surface area contributed by atoms with Crippen LogP contribution >= 0.6 is 40.7 Å². The van der Waals surface area contributed by atoms with E-state index in [0.717, 1.165) is 37.1 Å². The molecule has 1 aliphatic heterocycles. The molecule has 0 aromatic heterocycles. The number of nitrogens with one attached hydrogen (secondary N) is 1. The summed E-state index contributed by atoms with van der Waals surface area (Å²) in [7, 11) is 0. The Hall–Kier alpha value is -0.000000000000000111. The molecule has 1 aromatic carbocycles. The van der Waals surface area contributed by atoms with Gasteiger partial charge >= 0.3 is 0 Å². The van der Waals surface area contributed by atoms with E-state index in [-0.39, 0.29) is 24.8 Å². The highest BCUT2D eigenvalue weighted by atomic mass is 79.9. The van der Waals surface area contributed by atoms with Gasteiger partial charge in [-0.3, -0.25) is 4.90 Å². The number of phenols is 1. The van der Waals surface area contributed by atoms with Crippen molar-refractivity contribution in [3.05, 3.63) is 28.2 Å². The number of hydrogen-bond acceptors (Lipinski definition) is 3. The van der Waals surface area contributed by atoms with Gasteiger partial charge < -0.3 is 10.4 Å². The Balaban J connectivity index is 0.00000180. The van der Waals surface area contributed by atoms with Crippen LogP contribution in [-0.4, -0.2) is 36.2 Å². The minimum absolute atomic E-state index is 0. The molecule has 1 aliphatic rings. The number of benzene rings is 1. The summed E-state index contributed by atoms with van der Waals surface area (Å²) in [6.07, 6.45) is 2.34. The lowest BCUT2D eigenvalue weighted by Gasteiger charge is -2.35. The molecule has 1 saturated heterocycles. The summed E-state index contributed by atoms with van der Waals surface area (Å²) >= 11 is 3.41. The molecule has 0 saturated carbocycles. The lowest BCUT2D eigenvalue weighted by molar-refractivity contribution is 0.164. The van der Waals surface area contributed by atoms with E-state index in [0.29, 0.717) is 11.8 Å². The van der Waals surface area contributed by atoms with Crippen molar-refractivity contribution >= 4 is 40.7 Å². The molecule has 0 radical (unpaired) electrons. The molecule has 1 heterocycles. The first-order valence-corrected chi connectivity index (χ1v) is 7.45. The maximum atomic E-state index is 9.60. The van der Waals surface area contributed by atoms with Gasteiger partial charge in [-0.15, -0.1) is 24.8 Å². The fourth-order valence-corrected chi connectivity index (χ4v) is 2.95. The second-order valence-electron chi connectivity index (χ2n) is 4.80. The van der Waals surface area contributed by atoms with E-state index < -0.39 is 0 Å². The van der Waals surface area contributed by atoms with Crippen molar-refractivity contribution in [3.63, 3.8) is 0 Å². The summed E-state index contributed by atoms with van der Waals surface area (Å²) in [5.74, 6) is 0.314. The van der Waals surface area contributed by atoms with Crippen molar-refractivity contribution < 1.29 is 5.11 Å². The molecule has 6 heteroatoms. The molecule has 0 unspecified atom stereocenters. The molecule has 0 amide bonds. The van der Waals surface area contributed by atoms with Gasteiger partial charge in [0.1, 0.15) is 5.75 Å². The zero-order valence-corrected chi connectivity index (χ0v) is 14.9. The smallest absolute Gasteiger partial charge is 0.129 e. The zero-order chi connectivity index (χ0) is 13.0. The summed E-state index contributed by atoms with van der Waals surface area (Å²) < 4.78 is 0.788. The first-order chi connectivity index (χ1) is 8.72. The summed E-state index contributed by atoms with van der Waals surface area (Å²) in [5, 5.41) is 13.0. The summed E-state index contributed by atoms with van der Waals surface area (Å²) in [6, 6.07) is 6.35. The average Bonchev–Trinajstić information content (AvgIpc) is 2.40. The monoisotopic (exact) mass is 384 g/mol. The zero-order valence-electron chi connectivity index (χ0n) is 11.6. The molecule has 1 aromatic rings. The molecule has 20 heavy (non-hydrogen) atoms. The van der Waals surface area contributed by atoms with Crippen LogP contribution in [0.5, 0.6) is 5.75 Å². The van der Waals surface area contributed by atoms with Gasteiger partial charge in [0.05, 0.1) is 4.47 Å². The Kier molecular flexibility index (Phi) is 9.85. The Bertz CT molecular complexity index is 401. The summed E-state index contributed by atoms with van der Waals surface area (Å²) in [6.45, 7) is 6.57. The molecule has 2 N–H and O–H groups in total. The molecule has 2 rings (SSSR count). The summed E-state index contributed by atoms with van der Waals surface area (Å²) in [4.78, 5) is 2.54. The van der Waals surface area contributed by atoms with Gasteiger partial charge in [-0.2, -0.15) is 0 Å². The van der Waals surface area contributed by atoms with Crippen LogP contribution in [0.3, 0.4) is 0 Å². The third-order valence-corrected chi connectivity index (χ3v) is 4.15. The maximum absolute atomic E-state index is 9.60. The summed E-state index contributed by atoms with van der Waals surface area (Å²) in [5.41, 5.74) is 1.29. The van der Waals surface area contributed by atoms with Crippen LogP contribution in [0.15, 0.2) is 22.7 Å². The Morgan fingerprint density at radius 3 is 2.50 bits per heavy atom. The first kappa shape index (κ1) is 20.0. The number of hydrogen-bond donors (Lipinski definition) is 2. The molecule has 3 nitrogen and oxygen atoms in total. The molecular weight excluding hydrogens is 363 g/mol. The van der Waals surface area contributed by atoms with Crippen LogP contribution in [0.4, 0.5) is 0 Å². The number of piperazine rings is 1. The van der Waals surface area contributed by atoms with E-state index in [1.807, 2.05) is 6.07 Å². The van der Waals surface area contributed by atoms with Gasteiger partial charge in [0.2, 0.25) is 0 Å². The van der Waals surface area contributed by atoms with Crippen molar-refractivity contribution in [3.8, 4) is 5.75 Å². The highest BCUT2D eigenvalue weighted by Crippen LogP contribution is 2.32. The van der Waals surface area contributed by atoms with Crippen molar-refractivity contribution in [2.75, 3.05) is 26.2 Å². The number of halogens is 3. The van der Waals surface area contributed by atoms with Crippen molar-refractivity contribution in [2.45, 2.75) is 25.8 Å². The molecule has 1 atom stereocenters. The van der Waals surface area contributed by atoms with Crippen LogP contribution in [0.2, 0.25) is 0 Å². The lowest BCUT2D eigenvalue weighted by atomic mass is 10.00. The van der Waals surface area contributed by atoms with Crippen LogP contribution in [0, 0.1) is 0 Å². The van der Waals surface area contributed by atoms with Crippen LogP contribution in [0.25, 0.3) is 0 Å². The van der Waals surface area contributed by atoms with Gasteiger partial charge in [-0.1, -0.05) is 19.4 Å². The molecular formula is C14H23BrCl2N2O. The van der Waals surface area contributed by atoms with Crippen LogP contribution in [-0.2, 0) is 0 Å². The second kappa shape index (κ2) is 9.85.